The van der Waals surface area contributed by atoms with Crippen LogP contribution >= 0.6 is 0 Å². The lowest BCUT2D eigenvalue weighted by atomic mass is 10.0. The van der Waals surface area contributed by atoms with E-state index in [0.29, 0.717) is 25.3 Å². The van der Waals surface area contributed by atoms with E-state index in [1.165, 1.54) is 19.2 Å². The maximum atomic E-state index is 12.9. The maximum absolute atomic E-state index is 12.9. The summed E-state index contributed by atoms with van der Waals surface area (Å²) in [5.74, 6) is 0.0183. The second-order valence-electron chi connectivity index (χ2n) is 7.08. The van der Waals surface area contributed by atoms with E-state index in [-0.39, 0.29) is 22.6 Å². The minimum absolute atomic E-state index is 0.00110. The fourth-order valence-corrected chi connectivity index (χ4v) is 4.39. The summed E-state index contributed by atoms with van der Waals surface area (Å²) in [7, 11) is -2.31. The molecule has 1 saturated carbocycles. The first kappa shape index (κ1) is 18.2. The Hall–Kier alpha value is -1.64. The number of methoxy groups -OCH3 is 1. The SMILES string of the molecule is COc1ccc(C(=O)N2CCOCC2(C)C)cc1S(=O)(=O)NC1CC1. The molecule has 25 heavy (non-hydrogen) atoms. The van der Waals surface area contributed by atoms with Crippen LogP contribution in [0.1, 0.15) is 37.0 Å². The molecule has 8 heteroatoms. The van der Waals surface area contributed by atoms with Crippen molar-refractivity contribution in [1.29, 1.82) is 0 Å². The van der Waals surface area contributed by atoms with E-state index in [1.807, 2.05) is 13.8 Å². The van der Waals surface area contributed by atoms with Gasteiger partial charge in [0.1, 0.15) is 10.6 Å². The molecule has 0 unspecified atom stereocenters. The second-order valence-corrected chi connectivity index (χ2v) is 8.77. The van der Waals surface area contributed by atoms with Gasteiger partial charge >= 0.3 is 0 Å². The zero-order chi connectivity index (χ0) is 18.2. The van der Waals surface area contributed by atoms with Crippen LogP contribution in [-0.2, 0) is 14.8 Å². The van der Waals surface area contributed by atoms with Gasteiger partial charge in [0.25, 0.3) is 5.91 Å². The molecular formula is C17H24N2O5S. The van der Waals surface area contributed by atoms with Crippen LogP contribution in [-0.4, -0.2) is 57.7 Å². The highest BCUT2D eigenvalue weighted by atomic mass is 32.2. The topological polar surface area (TPSA) is 84.9 Å². The van der Waals surface area contributed by atoms with Gasteiger partial charge in [0.15, 0.2) is 0 Å². The van der Waals surface area contributed by atoms with Crippen molar-refractivity contribution < 1.29 is 22.7 Å². The molecule has 0 atom stereocenters. The van der Waals surface area contributed by atoms with Gasteiger partial charge in [-0.05, 0) is 44.9 Å². The van der Waals surface area contributed by atoms with Crippen molar-refractivity contribution in [3.05, 3.63) is 23.8 Å². The molecule has 2 fully saturated rings. The smallest absolute Gasteiger partial charge is 0.254 e. The van der Waals surface area contributed by atoms with E-state index < -0.39 is 15.6 Å². The minimum Gasteiger partial charge on any atom is -0.495 e. The minimum atomic E-state index is -3.73. The first-order valence-electron chi connectivity index (χ1n) is 8.35. The van der Waals surface area contributed by atoms with Gasteiger partial charge in [0.2, 0.25) is 10.0 Å². The molecule has 0 aromatic heterocycles. The number of ether oxygens (including phenoxy) is 2. The van der Waals surface area contributed by atoms with Crippen LogP contribution in [0.15, 0.2) is 23.1 Å². The Bertz CT molecular complexity index is 771. The van der Waals surface area contributed by atoms with E-state index in [9.17, 15) is 13.2 Å². The highest BCUT2D eigenvalue weighted by Crippen LogP contribution is 2.30. The number of sulfonamides is 1. The van der Waals surface area contributed by atoms with Gasteiger partial charge in [0.05, 0.1) is 25.9 Å². The van der Waals surface area contributed by atoms with Crippen molar-refractivity contribution in [2.75, 3.05) is 26.9 Å². The van der Waals surface area contributed by atoms with Gasteiger partial charge in [-0.25, -0.2) is 13.1 Å². The summed E-state index contributed by atoms with van der Waals surface area (Å²) < 4.78 is 38.5. The van der Waals surface area contributed by atoms with Crippen molar-refractivity contribution in [1.82, 2.24) is 9.62 Å². The van der Waals surface area contributed by atoms with E-state index in [4.69, 9.17) is 9.47 Å². The first-order valence-corrected chi connectivity index (χ1v) is 9.83. The van der Waals surface area contributed by atoms with Gasteiger partial charge in [0, 0.05) is 18.2 Å². The van der Waals surface area contributed by atoms with Gasteiger partial charge in [-0.2, -0.15) is 0 Å². The fraction of sp³-hybridized carbons (Fsp3) is 0.588. The molecule has 138 valence electrons. The lowest BCUT2D eigenvalue weighted by molar-refractivity contribution is -0.0370. The summed E-state index contributed by atoms with van der Waals surface area (Å²) >= 11 is 0. The fourth-order valence-electron chi connectivity index (χ4n) is 2.89. The van der Waals surface area contributed by atoms with Crippen LogP contribution in [0, 0.1) is 0 Å². The van der Waals surface area contributed by atoms with E-state index in [1.54, 1.807) is 11.0 Å². The molecule has 0 radical (unpaired) electrons. The number of nitrogens with zero attached hydrogens (tertiary/aromatic N) is 1. The standard InChI is InChI=1S/C17H24N2O5S/c1-17(2)11-24-9-8-19(17)16(20)12-4-7-14(23-3)15(10-12)25(21,22)18-13-5-6-13/h4,7,10,13,18H,5-6,8-9,11H2,1-3H3. The Morgan fingerprint density at radius 1 is 1.36 bits per heavy atom. The van der Waals surface area contributed by atoms with E-state index in [2.05, 4.69) is 4.72 Å². The number of hydrogen-bond acceptors (Lipinski definition) is 5. The van der Waals surface area contributed by atoms with Crippen molar-refractivity contribution >= 4 is 15.9 Å². The first-order chi connectivity index (χ1) is 11.7. The third kappa shape index (κ3) is 3.80. The number of amides is 1. The Morgan fingerprint density at radius 3 is 2.68 bits per heavy atom. The number of carbonyl (C=O) groups excluding carboxylic acids is 1. The molecule has 1 saturated heterocycles. The molecule has 0 bridgehead atoms. The molecule has 7 nitrogen and oxygen atoms in total. The predicted molar refractivity (Wildman–Crippen MR) is 92.3 cm³/mol. The summed E-state index contributed by atoms with van der Waals surface area (Å²) in [6, 6.07) is 4.51. The normalized spacial score (nSPS) is 20.4. The highest BCUT2D eigenvalue weighted by Gasteiger charge is 2.36. The van der Waals surface area contributed by atoms with Crippen LogP contribution < -0.4 is 9.46 Å². The van der Waals surface area contributed by atoms with Crippen LogP contribution in [0.25, 0.3) is 0 Å². The molecular weight excluding hydrogens is 344 g/mol. The summed E-state index contributed by atoms with van der Waals surface area (Å²) in [5.41, 5.74) is -0.118. The molecule has 1 aromatic rings. The van der Waals surface area contributed by atoms with Crippen LogP contribution in [0.4, 0.5) is 0 Å². The molecule has 2 aliphatic rings. The number of benzene rings is 1. The predicted octanol–water partition coefficient (Wildman–Crippen LogP) is 1.39. The van der Waals surface area contributed by atoms with Crippen LogP contribution in [0.2, 0.25) is 0 Å². The molecule has 3 rings (SSSR count). The summed E-state index contributed by atoms with van der Waals surface area (Å²) in [6.07, 6.45) is 1.67. The van der Waals surface area contributed by atoms with E-state index >= 15 is 0 Å². The van der Waals surface area contributed by atoms with Crippen LogP contribution in [0.3, 0.4) is 0 Å². The Kier molecular flexibility index (Phi) is 4.78. The van der Waals surface area contributed by atoms with Gasteiger partial charge in [-0.15, -0.1) is 0 Å². The number of rotatable bonds is 5. The molecule has 1 heterocycles. The Morgan fingerprint density at radius 2 is 2.08 bits per heavy atom. The monoisotopic (exact) mass is 368 g/mol. The lowest BCUT2D eigenvalue weighted by Gasteiger charge is -2.42. The zero-order valence-corrected chi connectivity index (χ0v) is 15.6. The molecule has 1 aliphatic heterocycles. The molecule has 1 aliphatic carbocycles. The lowest BCUT2D eigenvalue weighted by Crippen LogP contribution is -2.55. The van der Waals surface area contributed by atoms with Gasteiger partial charge in [-0.1, -0.05) is 0 Å². The quantitative estimate of drug-likeness (QED) is 0.849. The van der Waals surface area contributed by atoms with Crippen molar-refractivity contribution in [3.8, 4) is 5.75 Å². The molecule has 1 N–H and O–H groups in total. The number of morpholine rings is 1. The molecule has 1 amide bonds. The molecule has 0 spiro atoms. The van der Waals surface area contributed by atoms with Crippen molar-refractivity contribution in [2.24, 2.45) is 0 Å². The number of nitrogens with one attached hydrogen (secondary N) is 1. The number of hydrogen-bond donors (Lipinski definition) is 1. The third-order valence-electron chi connectivity index (χ3n) is 4.49. The summed E-state index contributed by atoms with van der Waals surface area (Å²) in [6.45, 7) is 5.25. The Balaban J connectivity index is 1.94. The largest absolute Gasteiger partial charge is 0.495 e. The van der Waals surface area contributed by atoms with Gasteiger partial charge < -0.3 is 14.4 Å². The van der Waals surface area contributed by atoms with E-state index in [0.717, 1.165) is 12.8 Å². The summed E-state index contributed by atoms with van der Waals surface area (Å²) in [4.78, 5) is 14.7. The van der Waals surface area contributed by atoms with Crippen molar-refractivity contribution in [2.45, 2.75) is 43.2 Å². The average Bonchev–Trinajstić information content (AvgIpc) is 3.36. The summed E-state index contributed by atoms with van der Waals surface area (Å²) in [5, 5.41) is 0. The van der Waals surface area contributed by atoms with Gasteiger partial charge in [-0.3, -0.25) is 4.79 Å². The zero-order valence-electron chi connectivity index (χ0n) is 14.7. The maximum Gasteiger partial charge on any atom is 0.254 e. The molecule has 1 aromatic carbocycles. The average molecular weight is 368 g/mol. The highest BCUT2D eigenvalue weighted by molar-refractivity contribution is 7.89. The van der Waals surface area contributed by atoms with Crippen molar-refractivity contribution in [3.63, 3.8) is 0 Å². The number of carbonyl (C=O) groups is 1. The van der Waals surface area contributed by atoms with Crippen LogP contribution in [0.5, 0.6) is 5.75 Å². The third-order valence-corrected chi connectivity index (χ3v) is 6.03. The second kappa shape index (κ2) is 6.59. The Labute approximate surface area is 148 Å².